The molecule has 4 N–H and O–H groups in total. The van der Waals surface area contributed by atoms with Crippen molar-refractivity contribution >= 4 is 23.2 Å². The summed E-state index contributed by atoms with van der Waals surface area (Å²) in [5, 5.41) is 5.94. The maximum Gasteiger partial charge on any atom is 0.241 e. The number of nitrogens with two attached hydrogens (primary N) is 1. The van der Waals surface area contributed by atoms with Crippen molar-refractivity contribution < 1.29 is 14.3 Å². The second-order valence-electron chi connectivity index (χ2n) is 8.44. The molecular formula is C21H29N3O3. The molecule has 1 atom stereocenters. The van der Waals surface area contributed by atoms with Gasteiger partial charge in [-0.1, -0.05) is 25.8 Å². The zero-order chi connectivity index (χ0) is 19.0. The monoisotopic (exact) mass is 371 g/mol. The van der Waals surface area contributed by atoms with Crippen molar-refractivity contribution in [2.75, 3.05) is 23.8 Å². The van der Waals surface area contributed by atoms with Crippen LogP contribution in [-0.4, -0.2) is 31.1 Å². The lowest BCUT2D eigenvalue weighted by atomic mass is 9.75. The maximum atomic E-state index is 12.6. The molecule has 1 saturated heterocycles. The highest BCUT2D eigenvalue weighted by atomic mass is 16.5. The number of anilines is 2. The number of amides is 2. The second kappa shape index (κ2) is 7.24. The Bertz CT molecular complexity index is 734. The molecule has 1 aromatic rings. The fourth-order valence-corrected chi connectivity index (χ4v) is 4.81. The first-order valence-electron chi connectivity index (χ1n) is 10.1. The van der Waals surface area contributed by atoms with Crippen molar-refractivity contribution in [3.05, 3.63) is 23.8 Å². The quantitative estimate of drug-likeness (QED) is 0.762. The first-order chi connectivity index (χ1) is 13.0. The molecule has 1 aromatic carbocycles. The molecule has 146 valence electrons. The molecule has 4 rings (SSSR count). The van der Waals surface area contributed by atoms with Gasteiger partial charge in [0.2, 0.25) is 11.8 Å². The predicted octanol–water partition coefficient (Wildman–Crippen LogP) is 2.78. The van der Waals surface area contributed by atoms with Crippen LogP contribution in [0.4, 0.5) is 11.4 Å². The molecule has 6 nitrogen and oxygen atoms in total. The minimum Gasteiger partial charge on any atom is -0.381 e. The van der Waals surface area contributed by atoms with E-state index in [2.05, 4.69) is 17.6 Å². The van der Waals surface area contributed by atoms with E-state index in [4.69, 9.17) is 10.5 Å². The average Bonchev–Trinajstić information content (AvgIpc) is 2.93. The minimum absolute atomic E-state index is 0.0392. The molecular weight excluding hydrogens is 342 g/mol. The van der Waals surface area contributed by atoms with Crippen LogP contribution in [0, 0.1) is 11.8 Å². The molecule has 27 heavy (non-hydrogen) atoms. The highest BCUT2D eigenvalue weighted by Crippen LogP contribution is 2.45. The van der Waals surface area contributed by atoms with E-state index < -0.39 is 11.5 Å². The van der Waals surface area contributed by atoms with Crippen LogP contribution in [-0.2, 0) is 19.7 Å². The Morgan fingerprint density at radius 2 is 1.96 bits per heavy atom. The highest BCUT2D eigenvalue weighted by molar-refractivity contribution is 6.07. The molecule has 0 bridgehead atoms. The molecule has 2 heterocycles. The smallest absolute Gasteiger partial charge is 0.241 e. The Morgan fingerprint density at radius 3 is 2.67 bits per heavy atom. The van der Waals surface area contributed by atoms with Gasteiger partial charge in [0.1, 0.15) is 0 Å². The van der Waals surface area contributed by atoms with Gasteiger partial charge in [-0.15, -0.1) is 0 Å². The first-order valence-corrected chi connectivity index (χ1v) is 10.1. The van der Waals surface area contributed by atoms with Crippen LogP contribution in [0.1, 0.15) is 51.0 Å². The Hall–Kier alpha value is -1.92. The summed E-state index contributed by atoms with van der Waals surface area (Å²) in [7, 11) is 0. The minimum atomic E-state index is -0.484. The third kappa shape index (κ3) is 3.36. The number of nitrogens with one attached hydrogen (secondary N) is 2. The van der Waals surface area contributed by atoms with Crippen molar-refractivity contribution in [3.8, 4) is 0 Å². The lowest BCUT2D eigenvalue weighted by Gasteiger charge is -2.31. The third-order valence-corrected chi connectivity index (χ3v) is 6.70. The van der Waals surface area contributed by atoms with Crippen LogP contribution in [0.25, 0.3) is 0 Å². The molecule has 1 aliphatic carbocycles. The number of fused-ring (bicyclic) bond motifs is 2. The van der Waals surface area contributed by atoms with Crippen LogP contribution in [0.3, 0.4) is 0 Å². The summed E-state index contributed by atoms with van der Waals surface area (Å²) in [4.78, 5) is 25.2. The van der Waals surface area contributed by atoms with Crippen molar-refractivity contribution in [2.24, 2.45) is 17.6 Å². The van der Waals surface area contributed by atoms with Gasteiger partial charge in [0, 0.05) is 24.6 Å². The van der Waals surface area contributed by atoms with E-state index in [1.807, 2.05) is 18.2 Å². The number of ether oxygens (including phenoxy) is 1. The van der Waals surface area contributed by atoms with Gasteiger partial charge in [-0.2, -0.15) is 0 Å². The highest BCUT2D eigenvalue weighted by Gasteiger charge is 2.47. The first kappa shape index (κ1) is 18.4. The van der Waals surface area contributed by atoms with E-state index in [-0.39, 0.29) is 17.7 Å². The predicted molar refractivity (Wildman–Crippen MR) is 105 cm³/mol. The number of carbonyl (C=O) groups is 2. The van der Waals surface area contributed by atoms with Gasteiger partial charge < -0.3 is 21.1 Å². The van der Waals surface area contributed by atoms with Crippen molar-refractivity contribution in [3.63, 3.8) is 0 Å². The molecule has 0 radical (unpaired) electrons. The van der Waals surface area contributed by atoms with Crippen molar-refractivity contribution in [2.45, 2.75) is 56.9 Å². The Balaban J connectivity index is 1.46. The SMILES string of the molecule is CC1CCC(C(N)C(=O)Nc2ccc3c(c2)NC(=O)C32CCOCC2)CC1. The van der Waals surface area contributed by atoms with Gasteiger partial charge >= 0.3 is 0 Å². The summed E-state index contributed by atoms with van der Waals surface area (Å²) in [5.74, 6) is 0.882. The second-order valence-corrected chi connectivity index (χ2v) is 8.44. The summed E-state index contributed by atoms with van der Waals surface area (Å²) < 4.78 is 5.44. The van der Waals surface area contributed by atoms with Crippen LogP contribution in [0.5, 0.6) is 0 Å². The zero-order valence-electron chi connectivity index (χ0n) is 15.9. The van der Waals surface area contributed by atoms with Crippen molar-refractivity contribution in [1.82, 2.24) is 0 Å². The maximum absolute atomic E-state index is 12.6. The summed E-state index contributed by atoms with van der Waals surface area (Å²) in [5.41, 5.74) is 8.24. The number of carbonyl (C=O) groups excluding carboxylic acids is 2. The van der Waals surface area contributed by atoms with E-state index >= 15 is 0 Å². The fourth-order valence-electron chi connectivity index (χ4n) is 4.81. The lowest BCUT2D eigenvalue weighted by molar-refractivity contribution is -0.124. The average molecular weight is 371 g/mol. The third-order valence-electron chi connectivity index (χ3n) is 6.70. The van der Waals surface area contributed by atoms with Gasteiger partial charge in [0.15, 0.2) is 0 Å². The Kier molecular flexibility index (Phi) is 4.95. The molecule has 6 heteroatoms. The number of hydrogen-bond donors (Lipinski definition) is 3. The van der Waals surface area contributed by atoms with Crippen LogP contribution in [0.2, 0.25) is 0 Å². The molecule has 1 spiro atoms. The van der Waals surface area contributed by atoms with E-state index in [1.54, 1.807) is 0 Å². The summed E-state index contributed by atoms with van der Waals surface area (Å²) in [6.07, 6.45) is 5.71. The molecule has 2 aliphatic heterocycles. The van der Waals surface area contributed by atoms with Crippen LogP contribution < -0.4 is 16.4 Å². The molecule has 2 amide bonds. The largest absolute Gasteiger partial charge is 0.381 e. The molecule has 1 unspecified atom stereocenters. The standard InChI is InChI=1S/C21H29N3O3/c1-13-2-4-14(5-3-13)18(22)19(25)23-15-6-7-16-17(12-15)24-20(26)21(16)8-10-27-11-9-21/h6-7,12-14,18H,2-5,8-11,22H2,1H3,(H,23,25)(H,24,26). The molecule has 2 fully saturated rings. The van der Waals surface area contributed by atoms with Crippen LogP contribution in [0.15, 0.2) is 18.2 Å². The molecule has 0 aromatic heterocycles. The number of hydrogen-bond acceptors (Lipinski definition) is 4. The Labute approximate surface area is 160 Å². The van der Waals surface area contributed by atoms with E-state index in [0.717, 1.165) is 42.9 Å². The van der Waals surface area contributed by atoms with E-state index in [9.17, 15) is 9.59 Å². The van der Waals surface area contributed by atoms with E-state index in [1.165, 1.54) is 0 Å². The zero-order valence-corrected chi connectivity index (χ0v) is 15.9. The molecule has 3 aliphatic rings. The van der Waals surface area contributed by atoms with Crippen molar-refractivity contribution in [1.29, 1.82) is 0 Å². The molecule has 1 saturated carbocycles. The van der Waals surface area contributed by atoms with Gasteiger partial charge in [-0.05, 0) is 55.2 Å². The topological polar surface area (TPSA) is 93.5 Å². The van der Waals surface area contributed by atoms with Gasteiger partial charge in [-0.25, -0.2) is 0 Å². The fraction of sp³-hybridized carbons (Fsp3) is 0.619. The summed E-state index contributed by atoms with van der Waals surface area (Å²) >= 11 is 0. The number of rotatable bonds is 3. The van der Waals surface area contributed by atoms with Gasteiger partial charge in [0.25, 0.3) is 0 Å². The summed E-state index contributed by atoms with van der Waals surface area (Å²) in [6.45, 7) is 3.45. The summed E-state index contributed by atoms with van der Waals surface area (Å²) in [6, 6.07) is 5.21. The lowest BCUT2D eigenvalue weighted by Crippen LogP contribution is -2.43. The van der Waals surface area contributed by atoms with Crippen LogP contribution >= 0.6 is 0 Å². The normalized spacial score (nSPS) is 27.7. The Morgan fingerprint density at radius 1 is 1.26 bits per heavy atom. The van der Waals surface area contributed by atoms with E-state index in [0.29, 0.717) is 31.7 Å². The van der Waals surface area contributed by atoms with Gasteiger partial charge in [-0.3, -0.25) is 9.59 Å². The number of benzene rings is 1. The van der Waals surface area contributed by atoms with Gasteiger partial charge in [0.05, 0.1) is 11.5 Å².